The van der Waals surface area contributed by atoms with Gasteiger partial charge < -0.3 is 19.5 Å². The first-order chi connectivity index (χ1) is 20.9. The van der Waals surface area contributed by atoms with Crippen LogP contribution in [-0.4, -0.2) is 44.9 Å². The van der Waals surface area contributed by atoms with Crippen LogP contribution in [0.1, 0.15) is 30.7 Å². The number of ether oxygens (including phenoxy) is 3. The molecule has 1 fully saturated rings. The lowest BCUT2D eigenvalue weighted by Crippen LogP contribution is -2.32. The zero-order chi connectivity index (χ0) is 29.9. The molecule has 0 aliphatic carbocycles. The molecule has 0 amide bonds. The standard InChI is InChI=1S/C33H33N5O5/c1-4-34-33-36-31(39)28-29(32(40)37-33)38(30(35-28)22-8-6-5-7-9-22)27-18-25(42-24-16-12-21(3)13-17-24)26(43-27)19-41-23-14-10-20(2)11-15-23/h5-17,25-27H,4,18-19H2,1-3H3,(H2,34,36,37,39,40)/t25-,26-,27-/m1/s1. The van der Waals surface area contributed by atoms with Gasteiger partial charge in [-0.1, -0.05) is 65.7 Å². The summed E-state index contributed by atoms with van der Waals surface area (Å²) in [5, 5.41) is 2.92. The number of hydrogen-bond acceptors (Lipinski definition) is 8. The molecule has 1 saturated heterocycles. The van der Waals surface area contributed by atoms with Gasteiger partial charge in [-0.3, -0.25) is 19.1 Å². The molecular weight excluding hydrogens is 546 g/mol. The fraction of sp³-hybridized carbons (Fsp3) is 0.273. The highest BCUT2D eigenvalue weighted by Crippen LogP contribution is 2.37. The van der Waals surface area contributed by atoms with Crippen LogP contribution in [0.5, 0.6) is 11.5 Å². The van der Waals surface area contributed by atoms with E-state index in [0.717, 1.165) is 16.7 Å². The number of nitrogens with zero attached hydrogens (tertiary/aromatic N) is 3. The number of aryl methyl sites for hydroxylation is 2. The average Bonchev–Trinajstić information content (AvgIpc) is 3.57. The predicted molar refractivity (Wildman–Crippen MR) is 165 cm³/mol. The van der Waals surface area contributed by atoms with E-state index in [0.29, 0.717) is 30.3 Å². The van der Waals surface area contributed by atoms with E-state index in [1.807, 2.05) is 99.6 Å². The smallest absolute Gasteiger partial charge is 0.301 e. The topological polar surface area (TPSA) is 120 Å². The Balaban J connectivity index is 1.43. The summed E-state index contributed by atoms with van der Waals surface area (Å²) < 4.78 is 20.9. The first-order valence-electron chi connectivity index (χ1n) is 14.3. The van der Waals surface area contributed by atoms with Gasteiger partial charge in [-0.2, -0.15) is 4.98 Å². The molecule has 0 radical (unpaired) electrons. The van der Waals surface area contributed by atoms with Crippen molar-refractivity contribution < 1.29 is 14.2 Å². The lowest BCUT2D eigenvalue weighted by molar-refractivity contribution is -0.0334. The van der Waals surface area contributed by atoms with Crippen LogP contribution in [0.25, 0.3) is 22.4 Å². The van der Waals surface area contributed by atoms with E-state index in [1.165, 1.54) is 0 Å². The molecule has 0 spiro atoms. The molecule has 6 rings (SSSR count). The third-order valence-corrected chi connectivity index (χ3v) is 7.36. The quantitative estimate of drug-likeness (QED) is 0.250. The molecular formula is C33H33N5O5. The highest BCUT2D eigenvalue weighted by molar-refractivity contribution is 5.79. The maximum absolute atomic E-state index is 13.6. The Morgan fingerprint density at radius 3 is 2.28 bits per heavy atom. The van der Waals surface area contributed by atoms with Crippen LogP contribution in [-0.2, 0) is 4.74 Å². The first kappa shape index (κ1) is 28.2. The number of hydrogen-bond donors (Lipinski definition) is 2. The van der Waals surface area contributed by atoms with E-state index >= 15 is 0 Å². The second-order valence-corrected chi connectivity index (χ2v) is 10.6. The zero-order valence-electron chi connectivity index (χ0n) is 24.2. The molecule has 10 heteroatoms. The van der Waals surface area contributed by atoms with Crippen LogP contribution < -0.4 is 25.9 Å². The van der Waals surface area contributed by atoms with Gasteiger partial charge in [0.05, 0.1) is 0 Å². The van der Waals surface area contributed by atoms with Crippen molar-refractivity contribution in [3.8, 4) is 22.9 Å². The van der Waals surface area contributed by atoms with Gasteiger partial charge in [0, 0.05) is 18.5 Å². The summed E-state index contributed by atoms with van der Waals surface area (Å²) in [4.78, 5) is 38.3. The van der Waals surface area contributed by atoms with Gasteiger partial charge in [0.25, 0.3) is 5.56 Å². The summed E-state index contributed by atoms with van der Waals surface area (Å²) in [6.45, 7) is 6.58. The van der Waals surface area contributed by atoms with Gasteiger partial charge in [0.2, 0.25) is 5.95 Å². The van der Waals surface area contributed by atoms with Crippen LogP contribution >= 0.6 is 0 Å². The van der Waals surface area contributed by atoms with Gasteiger partial charge in [-0.15, -0.1) is 0 Å². The normalized spacial score (nSPS) is 18.1. The molecule has 3 heterocycles. The Morgan fingerprint density at radius 1 is 0.930 bits per heavy atom. The van der Waals surface area contributed by atoms with E-state index in [2.05, 4.69) is 20.3 Å². The molecule has 0 bridgehead atoms. The van der Waals surface area contributed by atoms with E-state index in [1.54, 1.807) is 4.57 Å². The van der Waals surface area contributed by atoms with E-state index in [-0.39, 0.29) is 23.6 Å². The summed E-state index contributed by atoms with van der Waals surface area (Å²) >= 11 is 0. The van der Waals surface area contributed by atoms with Gasteiger partial charge >= 0.3 is 5.56 Å². The van der Waals surface area contributed by atoms with Gasteiger partial charge in [0.1, 0.15) is 47.9 Å². The highest BCUT2D eigenvalue weighted by Gasteiger charge is 2.40. The minimum Gasteiger partial charge on any atom is -0.491 e. The molecule has 43 heavy (non-hydrogen) atoms. The van der Waals surface area contributed by atoms with Crippen molar-refractivity contribution in [1.82, 2.24) is 19.5 Å². The van der Waals surface area contributed by atoms with Crippen molar-refractivity contribution in [2.45, 2.75) is 45.6 Å². The number of aromatic amines is 1. The minimum absolute atomic E-state index is 0.0387. The fourth-order valence-electron chi connectivity index (χ4n) is 5.21. The second-order valence-electron chi connectivity index (χ2n) is 10.6. The van der Waals surface area contributed by atoms with Crippen LogP contribution in [0, 0.1) is 13.8 Å². The Kier molecular flexibility index (Phi) is 7.93. The van der Waals surface area contributed by atoms with E-state index in [4.69, 9.17) is 14.2 Å². The lowest BCUT2D eigenvalue weighted by atomic mass is 10.1. The van der Waals surface area contributed by atoms with Crippen LogP contribution in [0.15, 0.2) is 88.5 Å². The van der Waals surface area contributed by atoms with E-state index in [9.17, 15) is 9.59 Å². The number of benzene rings is 3. The van der Waals surface area contributed by atoms with Crippen molar-refractivity contribution in [3.63, 3.8) is 0 Å². The molecule has 220 valence electrons. The largest absolute Gasteiger partial charge is 0.491 e. The monoisotopic (exact) mass is 579 g/mol. The minimum atomic E-state index is -0.687. The van der Waals surface area contributed by atoms with Crippen molar-refractivity contribution in [1.29, 1.82) is 0 Å². The van der Waals surface area contributed by atoms with Gasteiger partial charge in [0.15, 0.2) is 5.52 Å². The molecule has 2 aromatic heterocycles. The molecule has 1 aliphatic heterocycles. The summed E-state index contributed by atoms with van der Waals surface area (Å²) in [7, 11) is 0. The maximum atomic E-state index is 13.6. The van der Waals surface area contributed by atoms with Crippen molar-refractivity contribution >= 4 is 17.0 Å². The summed E-state index contributed by atoms with van der Waals surface area (Å²) in [6, 6.07) is 25.0. The van der Waals surface area contributed by atoms with Gasteiger partial charge in [-0.25, -0.2) is 4.98 Å². The number of fused-ring (bicyclic) bond motifs is 1. The Hall–Kier alpha value is -4.96. The number of H-pyrrole nitrogens is 1. The molecule has 0 saturated carbocycles. The van der Waals surface area contributed by atoms with Crippen molar-refractivity contribution in [2.75, 3.05) is 18.5 Å². The SMILES string of the molecule is CCNc1nc(=O)c2nc(-c3ccccc3)n([C@H]3C[C@@H](Oc4ccc(C)cc4)[C@@H](COc4ccc(C)cc4)O3)c2c(=O)[nH]1. The molecule has 0 unspecified atom stereocenters. The Morgan fingerprint density at radius 2 is 1.60 bits per heavy atom. The Labute approximate surface area is 248 Å². The first-order valence-corrected chi connectivity index (χ1v) is 14.3. The number of aromatic nitrogens is 4. The summed E-state index contributed by atoms with van der Waals surface area (Å²) in [5.41, 5.74) is 1.90. The zero-order valence-corrected chi connectivity index (χ0v) is 24.2. The Bertz CT molecular complexity index is 1840. The van der Waals surface area contributed by atoms with Crippen molar-refractivity contribution in [3.05, 3.63) is 111 Å². The third-order valence-electron chi connectivity index (χ3n) is 7.36. The van der Waals surface area contributed by atoms with Crippen molar-refractivity contribution in [2.24, 2.45) is 0 Å². The molecule has 1 aliphatic rings. The number of anilines is 1. The number of rotatable bonds is 9. The van der Waals surface area contributed by atoms with Crippen LogP contribution in [0.4, 0.5) is 5.95 Å². The summed E-state index contributed by atoms with van der Waals surface area (Å²) in [5.74, 6) is 1.92. The number of nitrogens with one attached hydrogen (secondary N) is 2. The predicted octanol–water partition coefficient (Wildman–Crippen LogP) is 5.01. The molecule has 3 atom stereocenters. The molecule has 2 N–H and O–H groups in total. The number of imidazole rings is 1. The van der Waals surface area contributed by atoms with E-state index < -0.39 is 29.6 Å². The highest BCUT2D eigenvalue weighted by atomic mass is 16.6. The van der Waals surface area contributed by atoms with Gasteiger partial charge in [-0.05, 0) is 45.0 Å². The maximum Gasteiger partial charge on any atom is 0.301 e. The summed E-state index contributed by atoms with van der Waals surface area (Å²) in [6.07, 6.45) is -1.22. The average molecular weight is 580 g/mol. The lowest BCUT2D eigenvalue weighted by Gasteiger charge is -2.20. The molecule has 3 aromatic carbocycles. The second kappa shape index (κ2) is 12.1. The molecule has 10 nitrogen and oxygen atoms in total. The van der Waals surface area contributed by atoms with Crippen LogP contribution in [0.2, 0.25) is 0 Å². The third kappa shape index (κ3) is 6.00. The fourth-order valence-corrected chi connectivity index (χ4v) is 5.21. The molecule has 5 aromatic rings. The van der Waals surface area contributed by atoms with Crippen LogP contribution in [0.3, 0.4) is 0 Å².